The van der Waals surface area contributed by atoms with Gasteiger partial charge in [-0.3, -0.25) is 14.4 Å². The molecule has 2 atom stereocenters. The van der Waals surface area contributed by atoms with E-state index in [4.69, 9.17) is 0 Å². The molecule has 206 valence electrons. The molecule has 9 heteroatoms. The Morgan fingerprint density at radius 1 is 1.33 bits per heavy atom. The van der Waals surface area contributed by atoms with Gasteiger partial charge in [-0.1, -0.05) is 50.8 Å². The number of hydrogen-bond acceptors (Lipinski definition) is 5. The number of hydrogen-bond donors (Lipinski definition) is 1. The number of amides is 3. The highest BCUT2D eigenvalue weighted by atomic mass is 32.1. The van der Waals surface area contributed by atoms with E-state index in [1.807, 2.05) is 39.8 Å². The lowest BCUT2D eigenvalue weighted by molar-refractivity contribution is -0.147. The summed E-state index contributed by atoms with van der Waals surface area (Å²) in [5.74, 6) is -1.24. The number of likely N-dealkylation sites (tertiary alicyclic amines) is 1. The van der Waals surface area contributed by atoms with Crippen molar-refractivity contribution in [3.63, 3.8) is 0 Å². The van der Waals surface area contributed by atoms with Crippen molar-refractivity contribution >= 4 is 29.1 Å². The van der Waals surface area contributed by atoms with Crippen LogP contribution in [0.2, 0.25) is 0 Å². The fourth-order valence-corrected chi connectivity index (χ4v) is 6.22. The fourth-order valence-electron chi connectivity index (χ4n) is 5.39. The van der Waals surface area contributed by atoms with Crippen LogP contribution in [0.15, 0.2) is 59.7 Å². The number of thiazole rings is 1. The summed E-state index contributed by atoms with van der Waals surface area (Å²) in [6, 6.07) is 3.58. The van der Waals surface area contributed by atoms with Crippen LogP contribution in [0.1, 0.15) is 44.9 Å². The fraction of sp³-hybridized carbons (Fsp3) is 0.400. The van der Waals surface area contributed by atoms with Gasteiger partial charge in [-0.2, -0.15) is 0 Å². The SMILES string of the molecule is C=CC1=C(/C=C\C)CN(C(C(=O)N2CCCC2C(=O)NCc2ccc(-c3scnc3C)c(F)c2)C(C)C)C1=O. The number of nitrogens with zero attached hydrogens (tertiary/aromatic N) is 3. The largest absolute Gasteiger partial charge is 0.350 e. The average Bonchev–Trinajstić information content (AvgIpc) is 3.62. The Hall–Kier alpha value is -3.59. The second kappa shape index (κ2) is 12.1. The van der Waals surface area contributed by atoms with Crippen LogP contribution in [0.25, 0.3) is 10.4 Å². The first-order valence-corrected chi connectivity index (χ1v) is 14.1. The number of nitrogens with one attached hydrogen (secondary N) is 1. The van der Waals surface area contributed by atoms with Crippen molar-refractivity contribution in [1.29, 1.82) is 0 Å². The molecule has 7 nitrogen and oxygen atoms in total. The van der Waals surface area contributed by atoms with E-state index in [0.717, 1.165) is 16.1 Å². The molecule has 1 aromatic heterocycles. The minimum atomic E-state index is -0.694. The number of halogens is 1. The number of carbonyl (C=O) groups excluding carboxylic acids is 3. The predicted octanol–water partition coefficient (Wildman–Crippen LogP) is 4.79. The number of allylic oxidation sites excluding steroid dienone is 1. The molecule has 3 amide bonds. The summed E-state index contributed by atoms with van der Waals surface area (Å²) in [5, 5.41) is 2.88. The molecular formula is C30H35FN4O3S. The maximum atomic E-state index is 14.8. The van der Waals surface area contributed by atoms with Gasteiger partial charge in [0.1, 0.15) is 17.9 Å². The zero-order valence-electron chi connectivity index (χ0n) is 22.9. The minimum Gasteiger partial charge on any atom is -0.350 e. The summed E-state index contributed by atoms with van der Waals surface area (Å²) in [4.78, 5) is 48.4. The molecule has 0 bridgehead atoms. The first-order chi connectivity index (χ1) is 18.7. The molecule has 4 rings (SSSR count). The molecule has 0 saturated carbocycles. The van der Waals surface area contributed by atoms with Crippen molar-refractivity contribution < 1.29 is 18.8 Å². The first-order valence-electron chi connectivity index (χ1n) is 13.2. The van der Waals surface area contributed by atoms with Crippen molar-refractivity contribution in [3.8, 4) is 10.4 Å². The molecule has 1 aromatic carbocycles. The summed E-state index contributed by atoms with van der Waals surface area (Å²) in [5.41, 5.74) is 4.91. The lowest BCUT2D eigenvalue weighted by atomic mass is 10.00. The molecule has 3 heterocycles. The monoisotopic (exact) mass is 550 g/mol. The van der Waals surface area contributed by atoms with Crippen LogP contribution < -0.4 is 5.32 Å². The number of aryl methyl sites for hydroxylation is 1. The molecule has 39 heavy (non-hydrogen) atoms. The smallest absolute Gasteiger partial charge is 0.255 e. The molecular weight excluding hydrogens is 515 g/mol. The minimum absolute atomic E-state index is 0.147. The Kier molecular flexibility index (Phi) is 8.80. The van der Waals surface area contributed by atoms with Crippen molar-refractivity contribution in [2.75, 3.05) is 13.1 Å². The van der Waals surface area contributed by atoms with Crippen LogP contribution in [0.3, 0.4) is 0 Å². The second-order valence-electron chi connectivity index (χ2n) is 10.3. The van der Waals surface area contributed by atoms with Crippen LogP contribution in [-0.2, 0) is 20.9 Å². The molecule has 2 aliphatic heterocycles. The summed E-state index contributed by atoms with van der Waals surface area (Å²) in [7, 11) is 0. The van der Waals surface area contributed by atoms with E-state index in [-0.39, 0.29) is 36.0 Å². The van der Waals surface area contributed by atoms with Gasteiger partial charge in [0.2, 0.25) is 11.8 Å². The van der Waals surface area contributed by atoms with Crippen LogP contribution in [0.4, 0.5) is 4.39 Å². The highest BCUT2D eigenvalue weighted by molar-refractivity contribution is 7.13. The van der Waals surface area contributed by atoms with E-state index < -0.39 is 12.1 Å². The third-order valence-corrected chi connectivity index (χ3v) is 8.26. The van der Waals surface area contributed by atoms with E-state index in [1.165, 1.54) is 17.4 Å². The maximum Gasteiger partial charge on any atom is 0.255 e. The third-order valence-electron chi connectivity index (χ3n) is 7.30. The van der Waals surface area contributed by atoms with Gasteiger partial charge in [0, 0.05) is 30.8 Å². The summed E-state index contributed by atoms with van der Waals surface area (Å²) in [6.07, 6.45) is 6.51. The number of benzene rings is 1. The zero-order valence-corrected chi connectivity index (χ0v) is 23.7. The number of carbonyl (C=O) groups is 3. The van der Waals surface area contributed by atoms with Gasteiger partial charge >= 0.3 is 0 Å². The predicted molar refractivity (Wildman–Crippen MR) is 151 cm³/mol. The zero-order chi connectivity index (χ0) is 28.3. The van der Waals surface area contributed by atoms with Gasteiger partial charge in [0.15, 0.2) is 0 Å². The Bertz CT molecular complexity index is 1350. The van der Waals surface area contributed by atoms with E-state index in [2.05, 4.69) is 16.9 Å². The summed E-state index contributed by atoms with van der Waals surface area (Å²) >= 11 is 1.38. The van der Waals surface area contributed by atoms with Gasteiger partial charge < -0.3 is 15.1 Å². The van der Waals surface area contributed by atoms with Crippen LogP contribution in [0, 0.1) is 18.7 Å². The molecule has 1 N–H and O–H groups in total. The highest BCUT2D eigenvalue weighted by Crippen LogP contribution is 2.31. The number of aromatic nitrogens is 1. The highest BCUT2D eigenvalue weighted by Gasteiger charge is 2.43. The van der Waals surface area contributed by atoms with Crippen molar-refractivity contribution in [2.24, 2.45) is 5.92 Å². The Morgan fingerprint density at radius 3 is 2.72 bits per heavy atom. The molecule has 2 aliphatic rings. The lowest BCUT2D eigenvalue weighted by Crippen LogP contribution is -2.55. The molecule has 0 radical (unpaired) electrons. The normalized spacial score (nSPS) is 18.5. The van der Waals surface area contributed by atoms with Crippen LogP contribution in [0.5, 0.6) is 0 Å². The van der Waals surface area contributed by atoms with E-state index >= 15 is 0 Å². The Labute approximate surface area is 233 Å². The molecule has 1 saturated heterocycles. The van der Waals surface area contributed by atoms with Gasteiger partial charge in [0.25, 0.3) is 5.91 Å². The lowest BCUT2D eigenvalue weighted by Gasteiger charge is -2.35. The van der Waals surface area contributed by atoms with Crippen LogP contribution >= 0.6 is 11.3 Å². The molecule has 0 spiro atoms. The van der Waals surface area contributed by atoms with Gasteiger partial charge in [-0.05, 0) is 49.8 Å². The Balaban J connectivity index is 1.45. The molecule has 1 fully saturated rings. The Morgan fingerprint density at radius 2 is 2.10 bits per heavy atom. The van der Waals surface area contributed by atoms with E-state index in [1.54, 1.807) is 33.5 Å². The van der Waals surface area contributed by atoms with E-state index in [9.17, 15) is 18.8 Å². The summed E-state index contributed by atoms with van der Waals surface area (Å²) < 4.78 is 14.8. The summed E-state index contributed by atoms with van der Waals surface area (Å²) in [6.45, 7) is 12.2. The van der Waals surface area contributed by atoms with Gasteiger partial charge in [-0.15, -0.1) is 11.3 Å². The molecule has 0 aliphatic carbocycles. The maximum absolute atomic E-state index is 14.8. The van der Waals surface area contributed by atoms with Gasteiger partial charge in [-0.25, -0.2) is 9.37 Å². The third kappa shape index (κ3) is 5.73. The standard InChI is InChI=1S/C30H35FN4O3S/c1-6-9-21-16-35(29(37)22(21)7-2)26(18(3)4)30(38)34-13-8-10-25(34)28(36)32-15-20-11-12-23(24(31)14-20)27-19(5)33-17-39-27/h6-7,9,11-12,14,17-18,25-26H,2,8,10,13,15-16H2,1,3-5H3,(H,32,36)/b9-6-. The van der Waals surface area contributed by atoms with Crippen molar-refractivity contribution in [1.82, 2.24) is 20.1 Å². The topological polar surface area (TPSA) is 82.6 Å². The van der Waals surface area contributed by atoms with Crippen molar-refractivity contribution in [2.45, 2.75) is 59.2 Å². The van der Waals surface area contributed by atoms with Crippen LogP contribution in [-0.4, -0.2) is 57.7 Å². The van der Waals surface area contributed by atoms with Gasteiger partial charge in [0.05, 0.1) is 16.1 Å². The number of rotatable bonds is 9. The molecule has 2 aromatic rings. The van der Waals surface area contributed by atoms with E-state index in [0.29, 0.717) is 42.6 Å². The second-order valence-corrected chi connectivity index (χ2v) is 11.1. The van der Waals surface area contributed by atoms with Crippen molar-refractivity contribution in [3.05, 3.63) is 76.7 Å². The average molecular weight is 551 g/mol. The first kappa shape index (κ1) is 28.4. The quantitative estimate of drug-likeness (QED) is 0.487. The molecule has 2 unspecified atom stereocenters.